The number of primary amides is 1. The van der Waals surface area contributed by atoms with Gasteiger partial charge in [0.15, 0.2) is 0 Å². The van der Waals surface area contributed by atoms with E-state index in [1.807, 2.05) is 6.07 Å². The molecule has 8 nitrogen and oxygen atoms in total. The van der Waals surface area contributed by atoms with Crippen LogP contribution in [0, 0.1) is 16.7 Å². The average molecular weight is 538 g/mol. The monoisotopic (exact) mass is 537 g/mol. The molecule has 0 saturated carbocycles. The number of methoxy groups -OCH3 is 1. The van der Waals surface area contributed by atoms with E-state index >= 15 is 0 Å². The molecule has 1 aromatic rings. The van der Waals surface area contributed by atoms with Gasteiger partial charge in [-0.3, -0.25) is 15.2 Å². The Morgan fingerprint density at radius 1 is 1.35 bits per heavy atom. The van der Waals surface area contributed by atoms with Crippen LogP contribution < -0.4 is 10.6 Å². The second kappa shape index (κ2) is 10.4. The summed E-state index contributed by atoms with van der Waals surface area (Å²) in [6.07, 6.45) is -0.665. The quantitative estimate of drug-likeness (QED) is 0.323. The van der Waals surface area contributed by atoms with Gasteiger partial charge in [-0.05, 0) is 37.3 Å². The van der Waals surface area contributed by atoms with Gasteiger partial charge in [0.05, 0.1) is 29.9 Å². The number of nitrogens with one attached hydrogen (secondary N) is 1. The number of nitrogens with zero attached hydrogens (tertiary/aromatic N) is 3. The number of esters is 1. The first-order valence-electron chi connectivity index (χ1n) is 9.42. The van der Waals surface area contributed by atoms with E-state index in [0.29, 0.717) is 4.90 Å². The van der Waals surface area contributed by atoms with Crippen LogP contribution in [0.15, 0.2) is 70.4 Å². The molecule has 1 heterocycles. The van der Waals surface area contributed by atoms with Gasteiger partial charge < -0.3 is 10.5 Å². The first-order chi connectivity index (χ1) is 15.9. The Bertz CT molecular complexity index is 1180. The van der Waals surface area contributed by atoms with Gasteiger partial charge in [-0.2, -0.15) is 18.4 Å². The van der Waals surface area contributed by atoms with Crippen LogP contribution >= 0.6 is 15.9 Å². The number of anilines is 1. The number of hydrogen-bond donors (Lipinski definition) is 2. The predicted octanol–water partition coefficient (Wildman–Crippen LogP) is 4.57. The van der Waals surface area contributed by atoms with Crippen LogP contribution in [-0.4, -0.2) is 36.0 Å². The number of alkyl halides is 3. The number of halogens is 4. The van der Waals surface area contributed by atoms with E-state index in [-0.39, 0.29) is 27.0 Å². The molecule has 3 N–H and O–H groups in total. The summed E-state index contributed by atoms with van der Waals surface area (Å²) in [7, 11) is 1.09. The SMILES string of the molecule is C=C/C(C#N)=C\C=C(/Br)[C@@H]1C(C(=O)OC)=C(C)N(c2cccc(C(F)(F)F)c2)C(=N)N1C(N)=O. The summed E-state index contributed by atoms with van der Waals surface area (Å²) in [5.74, 6) is -1.50. The average Bonchev–Trinajstić information content (AvgIpc) is 2.78. The Morgan fingerprint density at radius 2 is 2.00 bits per heavy atom. The van der Waals surface area contributed by atoms with Crippen molar-refractivity contribution >= 4 is 39.6 Å². The molecule has 12 heteroatoms. The van der Waals surface area contributed by atoms with Crippen molar-refractivity contribution in [2.75, 3.05) is 12.0 Å². The summed E-state index contributed by atoms with van der Waals surface area (Å²) in [5.41, 5.74) is 4.45. The third-order valence-corrected chi connectivity index (χ3v) is 5.50. The number of allylic oxidation sites excluding steroid dienone is 5. The highest BCUT2D eigenvalue weighted by atomic mass is 79.9. The molecule has 1 aliphatic heterocycles. The normalized spacial score (nSPS) is 17.4. The van der Waals surface area contributed by atoms with Gasteiger partial charge in [0.2, 0.25) is 5.96 Å². The molecule has 0 bridgehead atoms. The van der Waals surface area contributed by atoms with E-state index in [9.17, 15) is 22.8 Å². The lowest BCUT2D eigenvalue weighted by atomic mass is 9.98. The van der Waals surface area contributed by atoms with E-state index < -0.39 is 35.7 Å². The molecule has 2 rings (SSSR count). The number of hydrogen-bond acceptors (Lipinski definition) is 5. The van der Waals surface area contributed by atoms with Gasteiger partial charge in [-0.25, -0.2) is 9.59 Å². The van der Waals surface area contributed by atoms with Crippen LogP contribution in [0.2, 0.25) is 0 Å². The number of carbonyl (C=O) groups excluding carboxylic acids is 2. The Morgan fingerprint density at radius 3 is 2.50 bits per heavy atom. The van der Waals surface area contributed by atoms with Gasteiger partial charge in [-0.1, -0.05) is 34.7 Å². The zero-order valence-electron chi connectivity index (χ0n) is 18.0. The number of rotatable bonds is 5. The number of nitrogens with two attached hydrogens (primary N) is 1. The Hall–Kier alpha value is -3.85. The third-order valence-electron chi connectivity index (χ3n) is 4.80. The molecule has 0 unspecified atom stereocenters. The van der Waals surface area contributed by atoms with Crippen LogP contribution in [0.1, 0.15) is 12.5 Å². The number of ether oxygens (including phenoxy) is 1. The number of amides is 2. The van der Waals surface area contributed by atoms with E-state index in [1.54, 1.807) is 0 Å². The van der Waals surface area contributed by atoms with Crippen LogP contribution in [0.4, 0.5) is 23.7 Å². The highest BCUT2D eigenvalue weighted by molar-refractivity contribution is 9.11. The zero-order valence-corrected chi connectivity index (χ0v) is 19.6. The molecule has 1 aromatic carbocycles. The van der Waals surface area contributed by atoms with Crippen molar-refractivity contribution in [2.24, 2.45) is 5.73 Å². The van der Waals surface area contributed by atoms with E-state index in [1.165, 1.54) is 31.2 Å². The first-order valence-corrected chi connectivity index (χ1v) is 10.2. The van der Waals surface area contributed by atoms with Crippen LogP contribution in [-0.2, 0) is 15.7 Å². The lowest BCUT2D eigenvalue weighted by Crippen LogP contribution is -2.59. The maximum absolute atomic E-state index is 13.3. The van der Waals surface area contributed by atoms with Crippen molar-refractivity contribution in [1.82, 2.24) is 4.90 Å². The Kier molecular flexibility index (Phi) is 8.07. The fourth-order valence-corrected chi connectivity index (χ4v) is 3.81. The third kappa shape index (κ3) is 5.20. The van der Waals surface area contributed by atoms with Gasteiger partial charge >= 0.3 is 18.2 Å². The molecular weight excluding hydrogens is 519 g/mol. The summed E-state index contributed by atoms with van der Waals surface area (Å²) in [6.45, 7) is 4.89. The van der Waals surface area contributed by atoms with Crippen LogP contribution in [0.5, 0.6) is 0 Å². The molecule has 0 aliphatic carbocycles. The lowest BCUT2D eigenvalue weighted by Gasteiger charge is -2.42. The number of guanidine groups is 1. The standard InChI is InChI=1S/C22H19BrF3N5O3/c1-4-13(11-27)8-9-16(23)18-17(19(32)34-3)12(2)30(20(28)31(18)21(29)33)15-7-5-6-14(10-15)22(24,25)26/h4-10,18,28H,1H2,2-3H3,(H2,29,33)/b13-8+,16-9-,28-20?/t18-/m1/s1. The largest absolute Gasteiger partial charge is 0.466 e. The summed E-state index contributed by atoms with van der Waals surface area (Å²) < 4.78 is 44.8. The first kappa shape index (κ1) is 26.4. The van der Waals surface area contributed by atoms with Crippen molar-refractivity contribution in [2.45, 2.75) is 19.1 Å². The van der Waals surface area contributed by atoms with Gasteiger partial charge in [0, 0.05) is 15.9 Å². The van der Waals surface area contributed by atoms with Gasteiger partial charge in [0.25, 0.3) is 0 Å². The lowest BCUT2D eigenvalue weighted by molar-refractivity contribution is -0.138. The molecule has 0 saturated heterocycles. The molecule has 0 aromatic heterocycles. The zero-order chi connectivity index (χ0) is 25.8. The minimum atomic E-state index is -4.66. The van der Waals surface area contributed by atoms with Gasteiger partial charge in [-0.15, -0.1) is 0 Å². The topological polar surface area (TPSA) is 124 Å². The highest BCUT2D eigenvalue weighted by Gasteiger charge is 2.44. The fraction of sp³-hybridized carbons (Fsp3) is 0.182. The van der Waals surface area contributed by atoms with Crippen molar-refractivity contribution in [1.29, 1.82) is 10.7 Å². The van der Waals surface area contributed by atoms with E-state index in [0.717, 1.165) is 30.2 Å². The maximum atomic E-state index is 13.3. The second-order valence-corrected chi connectivity index (χ2v) is 7.71. The van der Waals surface area contributed by atoms with Crippen LogP contribution in [0.25, 0.3) is 0 Å². The maximum Gasteiger partial charge on any atom is 0.416 e. The molecule has 34 heavy (non-hydrogen) atoms. The number of urea groups is 1. The molecule has 0 radical (unpaired) electrons. The molecular formula is C22H19BrF3N5O3. The summed E-state index contributed by atoms with van der Waals surface area (Å²) in [4.78, 5) is 26.8. The molecule has 1 atom stereocenters. The molecule has 2 amide bonds. The van der Waals surface area contributed by atoms with Crippen LogP contribution in [0.3, 0.4) is 0 Å². The highest BCUT2D eigenvalue weighted by Crippen LogP contribution is 2.38. The Balaban J connectivity index is 2.83. The summed E-state index contributed by atoms with van der Waals surface area (Å²) >= 11 is 3.26. The smallest absolute Gasteiger partial charge is 0.416 e. The second-order valence-electron chi connectivity index (χ2n) is 6.80. The van der Waals surface area contributed by atoms with Gasteiger partial charge in [0.1, 0.15) is 6.04 Å². The fourth-order valence-electron chi connectivity index (χ4n) is 3.25. The summed E-state index contributed by atoms with van der Waals surface area (Å²) in [6, 6.07) is 3.49. The predicted molar refractivity (Wildman–Crippen MR) is 122 cm³/mol. The van der Waals surface area contributed by atoms with E-state index in [4.69, 9.17) is 21.1 Å². The van der Waals surface area contributed by atoms with Crippen molar-refractivity contribution < 1.29 is 27.5 Å². The Labute approximate surface area is 201 Å². The number of benzene rings is 1. The number of carbonyl (C=O) groups is 2. The molecule has 178 valence electrons. The molecule has 1 aliphatic rings. The minimum Gasteiger partial charge on any atom is -0.466 e. The molecule has 0 fully saturated rings. The summed E-state index contributed by atoms with van der Waals surface area (Å²) in [5, 5.41) is 17.6. The van der Waals surface area contributed by atoms with E-state index in [2.05, 4.69) is 22.5 Å². The van der Waals surface area contributed by atoms with Crippen molar-refractivity contribution in [3.63, 3.8) is 0 Å². The molecule has 0 spiro atoms. The van der Waals surface area contributed by atoms with Crippen molar-refractivity contribution in [3.8, 4) is 6.07 Å². The number of nitriles is 1. The minimum absolute atomic E-state index is 0.0391. The van der Waals surface area contributed by atoms with Crippen molar-refractivity contribution in [3.05, 3.63) is 76.0 Å².